The fourth-order valence-electron chi connectivity index (χ4n) is 1.31. The molecule has 6 nitrogen and oxygen atoms in total. The number of carbonyl (C=O) groups excluding carboxylic acids is 1. The molecular formula is C12H12N2O4. The molecule has 0 heterocycles. The van der Waals surface area contributed by atoms with E-state index in [4.69, 9.17) is 15.1 Å². The van der Waals surface area contributed by atoms with Crippen molar-refractivity contribution in [3.05, 3.63) is 35.4 Å². The number of benzene rings is 1. The van der Waals surface area contributed by atoms with Gasteiger partial charge in [0.05, 0.1) is 18.2 Å². The van der Waals surface area contributed by atoms with Crippen molar-refractivity contribution in [3.63, 3.8) is 0 Å². The van der Waals surface area contributed by atoms with Crippen LogP contribution in [0.4, 0.5) is 0 Å². The summed E-state index contributed by atoms with van der Waals surface area (Å²) >= 11 is 0. The van der Waals surface area contributed by atoms with Gasteiger partial charge in [0.15, 0.2) is 6.04 Å². The molecule has 0 radical (unpaired) electrons. The fraction of sp³-hybridized carbons (Fsp3) is 0.250. The zero-order valence-corrected chi connectivity index (χ0v) is 9.71. The summed E-state index contributed by atoms with van der Waals surface area (Å²) in [5, 5.41) is 19.9. The van der Waals surface area contributed by atoms with Crippen LogP contribution in [0.2, 0.25) is 0 Å². The fourth-order valence-corrected chi connectivity index (χ4v) is 1.31. The Balaban J connectivity index is 2.80. The van der Waals surface area contributed by atoms with Crippen molar-refractivity contribution in [2.75, 3.05) is 13.7 Å². The van der Waals surface area contributed by atoms with E-state index in [1.165, 1.54) is 19.2 Å². The monoisotopic (exact) mass is 248 g/mol. The third kappa shape index (κ3) is 3.57. The SMILES string of the molecule is COCC(NC(=O)c1cccc(C#N)c1)C(=O)O. The number of hydrogen-bond acceptors (Lipinski definition) is 4. The molecule has 0 aliphatic rings. The van der Waals surface area contributed by atoms with E-state index < -0.39 is 17.9 Å². The lowest BCUT2D eigenvalue weighted by molar-refractivity contribution is -0.140. The number of amides is 1. The maximum atomic E-state index is 11.8. The summed E-state index contributed by atoms with van der Waals surface area (Å²) in [4.78, 5) is 22.6. The van der Waals surface area contributed by atoms with Gasteiger partial charge in [0.2, 0.25) is 0 Å². The van der Waals surface area contributed by atoms with Gasteiger partial charge in [-0.3, -0.25) is 4.79 Å². The van der Waals surface area contributed by atoms with Crippen LogP contribution in [-0.2, 0) is 9.53 Å². The molecular weight excluding hydrogens is 236 g/mol. The van der Waals surface area contributed by atoms with Crippen LogP contribution in [0.3, 0.4) is 0 Å². The summed E-state index contributed by atoms with van der Waals surface area (Å²) in [5.41, 5.74) is 0.567. The molecule has 1 unspecified atom stereocenters. The number of carbonyl (C=O) groups is 2. The van der Waals surface area contributed by atoms with Crippen LogP contribution < -0.4 is 5.32 Å². The van der Waals surface area contributed by atoms with Crippen LogP contribution in [0.1, 0.15) is 15.9 Å². The summed E-state index contributed by atoms with van der Waals surface area (Å²) in [6.07, 6.45) is 0. The van der Waals surface area contributed by atoms with Crippen molar-refractivity contribution in [2.24, 2.45) is 0 Å². The van der Waals surface area contributed by atoms with Crippen molar-refractivity contribution in [3.8, 4) is 6.07 Å². The Kier molecular flexibility index (Phi) is 4.84. The number of carboxylic acids is 1. The molecule has 1 aromatic carbocycles. The predicted molar refractivity (Wildman–Crippen MR) is 61.9 cm³/mol. The van der Waals surface area contributed by atoms with Gasteiger partial charge in [-0.05, 0) is 18.2 Å². The van der Waals surface area contributed by atoms with Crippen molar-refractivity contribution < 1.29 is 19.4 Å². The van der Waals surface area contributed by atoms with Crippen LogP contribution in [0, 0.1) is 11.3 Å². The first kappa shape index (κ1) is 13.7. The Morgan fingerprint density at radius 2 is 2.28 bits per heavy atom. The lowest BCUT2D eigenvalue weighted by Crippen LogP contribution is -2.43. The van der Waals surface area contributed by atoms with Crippen LogP contribution in [0.5, 0.6) is 0 Å². The third-order valence-electron chi connectivity index (χ3n) is 2.19. The molecule has 1 aromatic rings. The number of ether oxygens (including phenoxy) is 1. The van der Waals surface area contributed by atoms with Gasteiger partial charge < -0.3 is 15.2 Å². The molecule has 0 saturated carbocycles. The molecule has 0 aliphatic carbocycles. The number of nitriles is 1. The first-order chi connectivity index (χ1) is 8.58. The summed E-state index contributed by atoms with van der Waals surface area (Å²) in [6.45, 7) is -0.126. The van der Waals surface area contributed by atoms with Crippen LogP contribution in [0.25, 0.3) is 0 Å². The minimum Gasteiger partial charge on any atom is -0.480 e. The minimum atomic E-state index is -1.18. The maximum absolute atomic E-state index is 11.8. The second-order valence-corrected chi connectivity index (χ2v) is 3.51. The summed E-state index contributed by atoms with van der Waals surface area (Å²) < 4.78 is 4.70. The van der Waals surface area contributed by atoms with Crippen molar-refractivity contribution >= 4 is 11.9 Å². The first-order valence-electron chi connectivity index (χ1n) is 5.11. The molecule has 18 heavy (non-hydrogen) atoms. The van der Waals surface area contributed by atoms with E-state index in [0.717, 1.165) is 0 Å². The molecule has 0 spiro atoms. The molecule has 0 bridgehead atoms. The molecule has 2 N–H and O–H groups in total. The Morgan fingerprint density at radius 3 is 2.83 bits per heavy atom. The largest absolute Gasteiger partial charge is 0.480 e. The van der Waals surface area contributed by atoms with Gasteiger partial charge in [-0.2, -0.15) is 5.26 Å². The lowest BCUT2D eigenvalue weighted by Gasteiger charge is -2.13. The number of nitrogens with one attached hydrogen (secondary N) is 1. The zero-order chi connectivity index (χ0) is 13.5. The van der Waals surface area contributed by atoms with E-state index >= 15 is 0 Å². The Bertz CT molecular complexity index is 493. The van der Waals surface area contributed by atoms with E-state index in [-0.39, 0.29) is 12.2 Å². The first-order valence-corrected chi connectivity index (χ1v) is 5.11. The third-order valence-corrected chi connectivity index (χ3v) is 2.19. The van der Waals surface area contributed by atoms with Crippen molar-refractivity contribution in [1.82, 2.24) is 5.32 Å². The molecule has 94 valence electrons. The van der Waals surface area contributed by atoms with E-state index in [1.807, 2.05) is 6.07 Å². The van der Waals surface area contributed by atoms with E-state index in [9.17, 15) is 9.59 Å². The molecule has 1 rings (SSSR count). The molecule has 1 amide bonds. The highest BCUT2D eigenvalue weighted by Crippen LogP contribution is 2.04. The van der Waals surface area contributed by atoms with Gasteiger partial charge in [0.25, 0.3) is 5.91 Å². The molecule has 0 aromatic heterocycles. The normalized spacial score (nSPS) is 11.3. The summed E-state index contributed by atoms with van der Waals surface area (Å²) in [6, 6.07) is 6.79. The molecule has 0 saturated heterocycles. The number of carboxylic acid groups (broad SMARTS) is 1. The molecule has 0 fully saturated rings. The number of nitrogens with zero attached hydrogens (tertiary/aromatic N) is 1. The number of aliphatic carboxylic acids is 1. The van der Waals surface area contributed by atoms with Crippen molar-refractivity contribution in [2.45, 2.75) is 6.04 Å². The second-order valence-electron chi connectivity index (χ2n) is 3.51. The average Bonchev–Trinajstić information content (AvgIpc) is 2.38. The van der Waals surface area contributed by atoms with Crippen LogP contribution in [0.15, 0.2) is 24.3 Å². The van der Waals surface area contributed by atoms with Gasteiger partial charge >= 0.3 is 5.97 Å². The highest BCUT2D eigenvalue weighted by Gasteiger charge is 2.20. The highest BCUT2D eigenvalue weighted by molar-refractivity contribution is 5.96. The highest BCUT2D eigenvalue weighted by atomic mass is 16.5. The zero-order valence-electron chi connectivity index (χ0n) is 9.71. The Morgan fingerprint density at radius 1 is 1.56 bits per heavy atom. The van der Waals surface area contributed by atoms with Gasteiger partial charge in [0, 0.05) is 12.7 Å². The van der Waals surface area contributed by atoms with Gasteiger partial charge in [-0.25, -0.2) is 4.79 Å². The standard InChI is InChI=1S/C12H12N2O4/c1-18-7-10(12(16)17)14-11(15)9-4-2-3-8(5-9)6-13/h2-5,10H,7H2,1H3,(H,14,15)(H,16,17). The van der Waals surface area contributed by atoms with Crippen molar-refractivity contribution in [1.29, 1.82) is 5.26 Å². The quantitative estimate of drug-likeness (QED) is 0.785. The van der Waals surface area contributed by atoms with E-state index in [1.54, 1.807) is 12.1 Å². The van der Waals surface area contributed by atoms with Crippen LogP contribution >= 0.6 is 0 Å². The topological polar surface area (TPSA) is 99.4 Å². The lowest BCUT2D eigenvalue weighted by atomic mass is 10.1. The second kappa shape index (κ2) is 6.37. The van der Waals surface area contributed by atoms with E-state index in [2.05, 4.69) is 5.32 Å². The Hall–Kier alpha value is -2.39. The van der Waals surface area contributed by atoms with E-state index in [0.29, 0.717) is 5.56 Å². The summed E-state index contributed by atoms with van der Waals surface area (Å²) in [7, 11) is 1.35. The molecule has 0 aliphatic heterocycles. The molecule has 1 atom stereocenters. The van der Waals surface area contributed by atoms with Gasteiger partial charge in [-0.15, -0.1) is 0 Å². The summed E-state index contributed by atoms with van der Waals surface area (Å²) in [5.74, 6) is -1.74. The van der Waals surface area contributed by atoms with Crippen LogP contribution in [-0.4, -0.2) is 36.7 Å². The Labute approximate surface area is 104 Å². The van der Waals surface area contributed by atoms with Gasteiger partial charge in [0.1, 0.15) is 0 Å². The predicted octanol–water partition coefficient (Wildman–Crippen LogP) is 0.388. The average molecular weight is 248 g/mol. The molecule has 6 heteroatoms. The minimum absolute atomic E-state index is 0.126. The maximum Gasteiger partial charge on any atom is 0.328 e. The number of hydrogen-bond donors (Lipinski definition) is 2. The number of rotatable bonds is 5. The smallest absolute Gasteiger partial charge is 0.328 e. The van der Waals surface area contributed by atoms with Gasteiger partial charge in [-0.1, -0.05) is 6.07 Å². The number of methoxy groups -OCH3 is 1.